The Labute approximate surface area is 182 Å². The predicted octanol–water partition coefficient (Wildman–Crippen LogP) is 4.22. The fraction of sp³-hybridized carbons (Fsp3) is 0.318. The van der Waals surface area contributed by atoms with Crippen LogP contribution in [-0.4, -0.2) is 53.0 Å². The molecular formula is C22H22BrN3O4. The van der Waals surface area contributed by atoms with Gasteiger partial charge >= 0.3 is 0 Å². The number of nitrogens with zero attached hydrogens (tertiary/aromatic N) is 2. The summed E-state index contributed by atoms with van der Waals surface area (Å²) in [5, 5.41) is 4.09. The number of H-pyrrole nitrogens is 1. The molecule has 0 bridgehead atoms. The highest BCUT2D eigenvalue weighted by Gasteiger charge is 2.31. The van der Waals surface area contributed by atoms with Gasteiger partial charge in [-0.15, -0.1) is 0 Å². The van der Waals surface area contributed by atoms with Gasteiger partial charge in [0.25, 0.3) is 5.91 Å². The molecule has 0 radical (unpaired) electrons. The Morgan fingerprint density at radius 2 is 2.10 bits per heavy atom. The first kappa shape index (κ1) is 20.6. The van der Waals surface area contributed by atoms with Gasteiger partial charge in [-0.25, -0.2) is 0 Å². The summed E-state index contributed by atoms with van der Waals surface area (Å²) in [4.78, 5) is 30.9. The first-order valence-electron chi connectivity index (χ1n) is 9.75. The smallest absolute Gasteiger partial charge is 0.270 e. The molecule has 7 nitrogen and oxygen atoms in total. The number of aromatic amines is 1. The number of carbonyl (C=O) groups excluding carboxylic acids is 2. The fourth-order valence-electron chi connectivity index (χ4n) is 3.86. The number of halogens is 1. The summed E-state index contributed by atoms with van der Waals surface area (Å²) >= 11 is 3.41. The Morgan fingerprint density at radius 1 is 1.33 bits per heavy atom. The highest BCUT2D eigenvalue weighted by Crippen LogP contribution is 2.29. The monoisotopic (exact) mass is 471 g/mol. The number of aromatic nitrogens is 2. The van der Waals surface area contributed by atoms with Crippen molar-refractivity contribution in [1.82, 2.24) is 15.0 Å². The molecule has 1 fully saturated rings. The van der Waals surface area contributed by atoms with Gasteiger partial charge in [-0.3, -0.25) is 9.59 Å². The summed E-state index contributed by atoms with van der Waals surface area (Å²) in [5.74, 6) is 0.0762. The number of nitrogens with one attached hydrogen (secondary N) is 1. The molecule has 0 spiro atoms. The zero-order valence-electron chi connectivity index (χ0n) is 16.8. The average Bonchev–Trinajstić information content (AvgIpc) is 3.48. The Morgan fingerprint density at radius 3 is 2.83 bits per heavy atom. The molecular weight excluding hydrogens is 450 g/mol. The van der Waals surface area contributed by atoms with Crippen molar-refractivity contribution in [3.63, 3.8) is 0 Å². The van der Waals surface area contributed by atoms with Crippen LogP contribution in [-0.2, 0) is 4.74 Å². The van der Waals surface area contributed by atoms with Crippen LogP contribution in [0.5, 0.6) is 0 Å². The maximum Gasteiger partial charge on any atom is 0.270 e. The van der Waals surface area contributed by atoms with Crippen LogP contribution < -0.4 is 0 Å². The molecule has 1 amide bonds. The summed E-state index contributed by atoms with van der Waals surface area (Å²) in [7, 11) is 1.64. The van der Waals surface area contributed by atoms with Crippen LogP contribution in [0.15, 0.2) is 45.5 Å². The van der Waals surface area contributed by atoms with Crippen LogP contribution in [0.1, 0.15) is 45.0 Å². The standard InChI is InChI=1S/C22H22BrN3O4/c1-13-19(20(25-30-13)14-5-7-16(23)8-6-14)21(27)15-10-18(24-11-15)22(28)26-9-3-4-17(26)12-29-2/h5-8,10-11,17,24H,3-4,9,12H2,1-2H3/t17-/m1/s1. The van der Waals surface area contributed by atoms with Gasteiger partial charge < -0.3 is 19.1 Å². The van der Waals surface area contributed by atoms with Crippen LogP contribution in [0.4, 0.5) is 0 Å². The third-order valence-electron chi connectivity index (χ3n) is 5.38. The van der Waals surface area contributed by atoms with Gasteiger partial charge in [0.05, 0.1) is 18.2 Å². The first-order valence-corrected chi connectivity index (χ1v) is 10.5. The normalized spacial score (nSPS) is 16.2. The molecule has 1 N–H and O–H groups in total. The molecule has 1 saturated heterocycles. The highest BCUT2D eigenvalue weighted by atomic mass is 79.9. The number of likely N-dealkylation sites (tertiary alicyclic amines) is 1. The van der Waals surface area contributed by atoms with Crippen molar-refractivity contribution < 1.29 is 18.8 Å². The van der Waals surface area contributed by atoms with E-state index in [4.69, 9.17) is 9.26 Å². The second-order valence-corrected chi connectivity index (χ2v) is 8.27. The van der Waals surface area contributed by atoms with Crippen LogP contribution in [0.2, 0.25) is 0 Å². The van der Waals surface area contributed by atoms with Crippen LogP contribution in [0, 0.1) is 6.92 Å². The molecule has 3 aromatic rings. The number of amides is 1. The van der Waals surface area contributed by atoms with Gasteiger partial charge in [0.15, 0.2) is 5.78 Å². The number of benzene rings is 1. The number of methoxy groups -OCH3 is 1. The van der Waals surface area contributed by atoms with E-state index in [1.54, 1.807) is 26.3 Å². The Bertz CT molecular complexity index is 1070. The number of hydrogen-bond donors (Lipinski definition) is 1. The lowest BCUT2D eigenvalue weighted by atomic mass is 9.99. The Kier molecular flexibility index (Phi) is 5.87. The van der Waals surface area contributed by atoms with E-state index < -0.39 is 0 Å². The SMILES string of the molecule is COC[C@H]1CCCN1C(=O)c1cc(C(=O)c2c(-c3ccc(Br)cc3)noc2C)c[nH]1. The molecule has 156 valence electrons. The van der Waals surface area contributed by atoms with Crippen molar-refractivity contribution in [3.05, 3.63) is 63.6 Å². The van der Waals surface area contributed by atoms with Crippen LogP contribution in [0.25, 0.3) is 11.3 Å². The van der Waals surface area contributed by atoms with Gasteiger partial charge in [-0.2, -0.15) is 0 Å². The van der Waals surface area contributed by atoms with E-state index >= 15 is 0 Å². The molecule has 30 heavy (non-hydrogen) atoms. The lowest BCUT2D eigenvalue weighted by Crippen LogP contribution is -2.38. The van der Waals surface area contributed by atoms with E-state index in [1.807, 2.05) is 29.2 Å². The minimum atomic E-state index is -0.239. The van der Waals surface area contributed by atoms with Gasteiger partial charge in [-0.05, 0) is 38.0 Å². The summed E-state index contributed by atoms with van der Waals surface area (Å²) in [6.07, 6.45) is 3.43. The van der Waals surface area contributed by atoms with E-state index in [1.165, 1.54) is 0 Å². The number of ketones is 1. The molecule has 4 rings (SSSR count). The summed E-state index contributed by atoms with van der Waals surface area (Å²) in [6.45, 7) is 2.91. The van der Waals surface area contributed by atoms with E-state index in [0.717, 1.165) is 22.9 Å². The minimum absolute atomic E-state index is 0.0641. The maximum absolute atomic E-state index is 13.2. The van der Waals surface area contributed by atoms with E-state index in [-0.39, 0.29) is 17.7 Å². The predicted molar refractivity (Wildman–Crippen MR) is 115 cm³/mol. The molecule has 2 aromatic heterocycles. The second-order valence-electron chi connectivity index (χ2n) is 7.35. The summed E-state index contributed by atoms with van der Waals surface area (Å²) in [5.41, 5.74) is 2.45. The number of carbonyl (C=O) groups is 2. The van der Waals surface area contributed by atoms with Crippen molar-refractivity contribution in [2.24, 2.45) is 0 Å². The topological polar surface area (TPSA) is 88.4 Å². The van der Waals surface area contributed by atoms with Crippen LogP contribution >= 0.6 is 15.9 Å². The molecule has 0 aliphatic carbocycles. The van der Waals surface area contributed by atoms with E-state index in [9.17, 15) is 9.59 Å². The number of rotatable bonds is 6. The molecule has 1 aliphatic rings. The van der Waals surface area contributed by atoms with Crippen molar-refractivity contribution in [2.75, 3.05) is 20.3 Å². The van der Waals surface area contributed by atoms with Gasteiger partial charge in [0, 0.05) is 35.5 Å². The van der Waals surface area contributed by atoms with Crippen molar-refractivity contribution >= 4 is 27.6 Å². The van der Waals surface area contributed by atoms with Crippen molar-refractivity contribution in [3.8, 4) is 11.3 Å². The van der Waals surface area contributed by atoms with Crippen molar-refractivity contribution in [1.29, 1.82) is 0 Å². The molecule has 0 unspecified atom stereocenters. The lowest BCUT2D eigenvalue weighted by molar-refractivity contribution is 0.0625. The molecule has 1 aliphatic heterocycles. The van der Waals surface area contributed by atoms with Gasteiger partial charge in [0.2, 0.25) is 0 Å². The Balaban J connectivity index is 1.60. The number of ether oxygens (including phenoxy) is 1. The summed E-state index contributed by atoms with van der Waals surface area (Å²) in [6, 6.07) is 9.17. The van der Waals surface area contributed by atoms with Crippen LogP contribution in [0.3, 0.4) is 0 Å². The molecule has 1 atom stereocenters. The Hall–Kier alpha value is -2.71. The molecule has 8 heteroatoms. The zero-order valence-corrected chi connectivity index (χ0v) is 18.4. The third-order valence-corrected chi connectivity index (χ3v) is 5.91. The summed E-state index contributed by atoms with van der Waals surface area (Å²) < 4.78 is 11.5. The molecule has 0 saturated carbocycles. The zero-order chi connectivity index (χ0) is 21.3. The maximum atomic E-state index is 13.2. The van der Waals surface area contributed by atoms with Gasteiger partial charge in [0.1, 0.15) is 17.1 Å². The second kappa shape index (κ2) is 8.57. The minimum Gasteiger partial charge on any atom is -0.383 e. The van der Waals surface area contributed by atoms with E-state index in [2.05, 4.69) is 26.1 Å². The molecule has 1 aromatic carbocycles. The highest BCUT2D eigenvalue weighted by molar-refractivity contribution is 9.10. The first-order chi connectivity index (χ1) is 14.5. The number of hydrogen-bond acceptors (Lipinski definition) is 5. The average molecular weight is 472 g/mol. The van der Waals surface area contributed by atoms with Gasteiger partial charge in [-0.1, -0.05) is 33.2 Å². The lowest BCUT2D eigenvalue weighted by Gasteiger charge is -2.23. The number of aryl methyl sites for hydroxylation is 1. The largest absolute Gasteiger partial charge is 0.383 e. The van der Waals surface area contributed by atoms with Crippen molar-refractivity contribution in [2.45, 2.75) is 25.8 Å². The van der Waals surface area contributed by atoms with E-state index in [0.29, 0.717) is 41.4 Å². The quantitative estimate of drug-likeness (QED) is 0.543. The fourth-order valence-corrected chi connectivity index (χ4v) is 4.13. The third kappa shape index (κ3) is 3.85. The molecule has 3 heterocycles.